The number of carbonyl (C=O) groups is 1. The molecule has 106 valence electrons. The van der Waals surface area contributed by atoms with Gasteiger partial charge in [0.15, 0.2) is 0 Å². The van der Waals surface area contributed by atoms with E-state index in [0.29, 0.717) is 12.1 Å². The average Bonchev–Trinajstić information content (AvgIpc) is 2.91. The van der Waals surface area contributed by atoms with Crippen LogP contribution in [0.1, 0.15) is 22.8 Å². The molecule has 0 saturated heterocycles. The van der Waals surface area contributed by atoms with Crippen LogP contribution in [-0.4, -0.2) is 21.7 Å². The van der Waals surface area contributed by atoms with Gasteiger partial charge in [0, 0.05) is 24.0 Å². The summed E-state index contributed by atoms with van der Waals surface area (Å²) >= 11 is 0. The lowest BCUT2D eigenvalue weighted by molar-refractivity contribution is 0.0936. The largest absolute Gasteiger partial charge is 0.348 e. The Balaban J connectivity index is 1.99. The zero-order valence-electron chi connectivity index (χ0n) is 11.6. The van der Waals surface area contributed by atoms with Crippen molar-refractivity contribution in [3.8, 4) is 0 Å². The van der Waals surface area contributed by atoms with Gasteiger partial charge in [-0.05, 0) is 43.7 Å². The van der Waals surface area contributed by atoms with E-state index in [1.807, 2.05) is 32.2 Å². The number of aromatic nitrogens is 2. The van der Waals surface area contributed by atoms with Crippen molar-refractivity contribution in [2.45, 2.75) is 26.4 Å². The quantitative estimate of drug-likeness (QED) is 0.566. The van der Waals surface area contributed by atoms with Gasteiger partial charge in [-0.15, -0.1) is 0 Å². The van der Waals surface area contributed by atoms with E-state index in [2.05, 4.69) is 15.8 Å². The van der Waals surface area contributed by atoms with Crippen LogP contribution in [0.25, 0.3) is 0 Å². The summed E-state index contributed by atoms with van der Waals surface area (Å²) in [4.78, 5) is 12.1. The van der Waals surface area contributed by atoms with Crippen molar-refractivity contribution in [1.29, 1.82) is 0 Å². The fourth-order valence-corrected chi connectivity index (χ4v) is 2.01. The number of rotatable bonds is 5. The molecule has 2 rings (SSSR count). The third-order valence-electron chi connectivity index (χ3n) is 3.04. The molecule has 0 saturated carbocycles. The Kier molecular flexibility index (Phi) is 4.37. The summed E-state index contributed by atoms with van der Waals surface area (Å²) in [6, 6.07) is 7.21. The third kappa shape index (κ3) is 3.36. The molecule has 4 N–H and O–H groups in total. The molecule has 1 heterocycles. The van der Waals surface area contributed by atoms with Crippen molar-refractivity contribution in [2.75, 3.05) is 5.43 Å². The summed E-state index contributed by atoms with van der Waals surface area (Å²) in [6.45, 7) is 4.49. The molecule has 0 fully saturated rings. The van der Waals surface area contributed by atoms with Crippen LogP contribution in [0, 0.1) is 6.92 Å². The van der Waals surface area contributed by atoms with Gasteiger partial charge >= 0.3 is 0 Å². The Morgan fingerprint density at radius 1 is 1.50 bits per heavy atom. The molecule has 2 aromatic rings. The van der Waals surface area contributed by atoms with Crippen LogP contribution in [0.5, 0.6) is 0 Å². The molecule has 1 unspecified atom stereocenters. The highest BCUT2D eigenvalue weighted by Gasteiger charge is 2.11. The highest BCUT2D eigenvalue weighted by Crippen LogP contribution is 2.15. The van der Waals surface area contributed by atoms with Gasteiger partial charge < -0.3 is 10.7 Å². The van der Waals surface area contributed by atoms with E-state index >= 15 is 0 Å². The average molecular weight is 273 g/mol. The number of nitrogens with two attached hydrogens (primary N) is 1. The van der Waals surface area contributed by atoms with Crippen LogP contribution in [0.2, 0.25) is 0 Å². The Bertz CT molecular complexity index is 579. The SMILES string of the molecule is Cc1cc(C(=O)NC(C)Cn2cccn2)ccc1NN. The monoisotopic (exact) mass is 273 g/mol. The van der Waals surface area contributed by atoms with Crippen LogP contribution < -0.4 is 16.6 Å². The van der Waals surface area contributed by atoms with E-state index < -0.39 is 0 Å². The minimum Gasteiger partial charge on any atom is -0.348 e. The molecule has 1 amide bonds. The van der Waals surface area contributed by atoms with Crippen LogP contribution >= 0.6 is 0 Å². The molecule has 1 atom stereocenters. The lowest BCUT2D eigenvalue weighted by Gasteiger charge is -2.14. The molecule has 20 heavy (non-hydrogen) atoms. The standard InChI is InChI=1S/C14H19N5O/c1-10-8-12(4-5-13(10)18-15)14(20)17-11(2)9-19-7-3-6-16-19/h3-8,11,18H,9,15H2,1-2H3,(H,17,20). The smallest absolute Gasteiger partial charge is 0.251 e. The maximum absolute atomic E-state index is 12.1. The first-order valence-corrected chi connectivity index (χ1v) is 6.45. The van der Waals surface area contributed by atoms with Crippen molar-refractivity contribution in [3.63, 3.8) is 0 Å². The topological polar surface area (TPSA) is 85.0 Å². The summed E-state index contributed by atoms with van der Waals surface area (Å²) in [7, 11) is 0. The van der Waals surface area contributed by atoms with Gasteiger partial charge in [0.25, 0.3) is 5.91 Å². The lowest BCUT2D eigenvalue weighted by Crippen LogP contribution is -2.35. The molecule has 6 nitrogen and oxygen atoms in total. The Morgan fingerprint density at radius 2 is 2.30 bits per heavy atom. The number of aryl methyl sites for hydroxylation is 1. The van der Waals surface area contributed by atoms with E-state index in [1.165, 1.54) is 0 Å². The number of hydrogen-bond acceptors (Lipinski definition) is 4. The van der Waals surface area contributed by atoms with E-state index in [4.69, 9.17) is 5.84 Å². The minimum absolute atomic E-state index is 0.00461. The van der Waals surface area contributed by atoms with Crippen molar-refractivity contribution in [2.24, 2.45) is 5.84 Å². The van der Waals surface area contributed by atoms with Gasteiger partial charge in [0.1, 0.15) is 0 Å². The predicted octanol–water partition coefficient (Wildman–Crippen LogP) is 1.30. The van der Waals surface area contributed by atoms with Crippen LogP contribution in [-0.2, 0) is 6.54 Å². The molecule has 1 aromatic carbocycles. The first-order chi connectivity index (χ1) is 9.60. The van der Waals surface area contributed by atoms with Crippen LogP contribution in [0.4, 0.5) is 5.69 Å². The molecule has 6 heteroatoms. The Labute approximate surface area is 117 Å². The second kappa shape index (κ2) is 6.21. The van der Waals surface area contributed by atoms with Gasteiger partial charge in [-0.1, -0.05) is 0 Å². The number of benzene rings is 1. The number of amides is 1. The highest BCUT2D eigenvalue weighted by molar-refractivity contribution is 5.95. The summed E-state index contributed by atoms with van der Waals surface area (Å²) < 4.78 is 1.79. The van der Waals surface area contributed by atoms with E-state index in [0.717, 1.165) is 11.3 Å². The summed E-state index contributed by atoms with van der Waals surface area (Å²) in [5.74, 6) is 5.27. The number of nitrogens with one attached hydrogen (secondary N) is 2. The number of nitrogen functional groups attached to an aromatic ring is 1. The molecule has 1 aromatic heterocycles. The van der Waals surface area contributed by atoms with E-state index in [9.17, 15) is 4.79 Å². The Morgan fingerprint density at radius 3 is 2.90 bits per heavy atom. The zero-order valence-corrected chi connectivity index (χ0v) is 11.6. The number of hydrazine groups is 1. The van der Waals surface area contributed by atoms with Crippen LogP contribution in [0.15, 0.2) is 36.7 Å². The van der Waals surface area contributed by atoms with E-state index in [1.54, 1.807) is 23.0 Å². The zero-order chi connectivity index (χ0) is 14.5. The second-order valence-corrected chi connectivity index (χ2v) is 4.78. The minimum atomic E-state index is -0.101. The van der Waals surface area contributed by atoms with Crippen LogP contribution in [0.3, 0.4) is 0 Å². The lowest BCUT2D eigenvalue weighted by atomic mass is 10.1. The molecule has 0 aliphatic heterocycles. The highest BCUT2D eigenvalue weighted by atomic mass is 16.1. The first-order valence-electron chi connectivity index (χ1n) is 6.45. The number of hydrogen-bond donors (Lipinski definition) is 3. The number of carbonyl (C=O) groups excluding carboxylic acids is 1. The summed E-state index contributed by atoms with van der Waals surface area (Å²) in [5.41, 5.74) is 4.95. The van der Waals surface area contributed by atoms with Crippen molar-refractivity contribution >= 4 is 11.6 Å². The van der Waals surface area contributed by atoms with E-state index in [-0.39, 0.29) is 11.9 Å². The van der Waals surface area contributed by atoms with Gasteiger partial charge in [0.2, 0.25) is 0 Å². The maximum Gasteiger partial charge on any atom is 0.251 e. The van der Waals surface area contributed by atoms with Gasteiger partial charge in [-0.2, -0.15) is 5.10 Å². The fourth-order valence-electron chi connectivity index (χ4n) is 2.01. The first kappa shape index (κ1) is 14.1. The fraction of sp³-hybridized carbons (Fsp3) is 0.286. The van der Waals surface area contributed by atoms with Crippen molar-refractivity contribution in [1.82, 2.24) is 15.1 Å². The maximum atomic E-state index is 12.1. The molecule has 0 bridgehead atoms. The second-order valence-electron chi connectivity index (χ2n) is 4.78. The number of anilines is 1. The van der Waals surface area contributed by atoms with Gasteiger partial charge in [0.05, 0.1) is 12.2 Å². The predicted molar refractivity (Wildman–Crippen MR) is 78.1 cm³/mol. The van der Waals surface area contributed by atoms with Gasteiger partial charge in [-0.3, -0.25) is 15.3 Å². The summed E-state index contributed by atoms with van der Waals surface area (Å²) in [5, 5.41) is 7.06. The third-order valence-corrected chi connectivity index (χ3v) is 3.04. The molecule has 0 radical (unpaired) electrons. The normalized spacial score (nSPS) is 11.9. The van der Waals surface area contributed by atoms with Gasteiger partial charge in [-0.25, -0.2) is 0 Å². The van der Waals surface area contributed by atoms with Crippen molar-refractivity contribution < 1.29 is 4.79 Å². The molecule has 0 aliphatic carbocycles. The molecular formula is C14H19N5O. The Hall–Kier alpha value is -2.34. The summed E-state index contributed by atoms with van der Waals surface area (Å²) in [6.07, 6.45) is 3.59. The van der Waals surface area contributed by atoms with Crippen molar-refractivity contribution in [3.05, 3.63) is 47.8 Å². The molecule has 0 aliphatic rings. The number of nitrogens with zero attached hydrogens (tertiary/aromatic N) is 2. The molecular weight excluding hydrogens is 254 g/mol. The molecule has 0 spiro atoms.